The van der Waals surface area contributed by atoms with Crippen molar-refractivity contribution in [3.63, 3.8) is 0 Å². The quantitative estimate of drug-likeness (QED) is 0.863. The van der Waals surface area contributed by atoms with Gasteiger partial charge in [0.2, 0.25) is 10.0 Å². The van der Waals surface area contributed by atoms with Crippen LogP contribution in [0.25, 0.3) is 0 Å². The molecular weight excluding hydrogens is 300 g/mol. The largest absolute Gasteiger partial charge is 0.312 e. The van der Waals surface area contributed by atoms with Crippen molar-refractivity contribution in [3.8, 4) is 0 Å². The lowest BCUT2D eigenvalue weighted by molar-refractivity contribution is 0.201. The van der Waals surface area contributed by atoms with Gasteiger partial charge in [0.05, 0.1) is 10.9 Å². The molecule has 3 rings (SSSR count). The van der Waals surface area contributed by atoms with Gasteiger partial charge in [-0.1, -0.05) is 26.0 Å². The van der Waals surface area contributed by atoms with Gasteiger partial charge in [0.25, 0.3) is 0 Å². The van der Waals surface area contributed by atoms with Gasteiger partial charge in [-0.3, -0.25) is 0 Å². The SMILES string of the molecule is Cc1nncn1C1CN(S(=O)(=O)c2ccc(C(C)C)cc2)C1. The summed E-state index contributed by atoms with van der Waals surface area (Å²) in [4.78, 5) is 0.357. The highest BCUT2D eigenvalue weighted by Gasteiger charge is 2.38. The molecule has 2 heterocycles. The van der Waals surface area contributed by atoms with Gasteiger partial charge in [-0.25, -0.2) is 8.42 Å². The number of hydrogen-bond donors (Lipinski definition) is 0. The Morgan fingerprint density at radius 2 is 1.82 bits per heavy atom. The topological polar surface area (TPSA) is 68.1 Å². The average Bonchev–Trinajstić information content (AvgIpc) is 2.83. The van der Waals surface area contributed by atoms with Crippen LogP contribution in [0.1, 0.15) is 37.2 Å². The lowest BCUT2D eigenvalue weighted by atomic mass is 10.0. The van der Waals surface area contributed by atoms with Crippen molar-refractivity contribution in [3.05, 3.63) is 42.0 Å². The summed E-state index contributed by atoms with van der Waals surface area (Å²) in [6, 6.07) is 7.29. The third kappa shape index (κ3) is 2.55. The van der Waals surface area contributed by atoms with Crippen molar-refractivity contribution in [2.45, 2.75) is 37.6 Å². The van der Waals surface area contributed by atoms with Gasteiger partial charge in [-0.15, -0.1) is 10.2 Å². The van der Waals surface area contributed by atoms with Gasteiger partial charge in [0, 0.05) is 13.1 Å². The van der Waals surface area contributed by atoms with Gasteiger partial charge in [0.1, 0.15) is 12.2 Å². The van der Waals surface area contributed by atoms with E-state index in [2.05, 4.69) is 24.0 Å². The molecule has 0 saturated carbocycles. The van der Waals surface area contributed by atoms with E-state index in [1.807, 2.05) is 23.6 Å². The Kier molecular flexibility index (Phi) is 3.78. The van der Waals surface area contributed by atoms with Crippen LogP contribution in [0.2, 0.25) is 0 Å². The van der Waals surface area contributed by atoms with Crippen LogP contribution in [0.15, 0.2) is 35.5 Å². The fourth-order valence-corrected chi connectivity index (χ4v) is 4.14. The second-order valence-corrected chi connectivity index (χ2v) is 7.92. The summed E-state index contributed by atoms with van der Waals surface area (Å²) in [5.74, 6) is 1.20. The van der Waals surface area contributed by atoms with E-state index in [9.17, 15) is 8.42 Å². The first-order valence-electron chi connectivity index (χ1n) is 7.36. The predicted molar refractivity (Wildman–Crippen MR) is 83.1 cm³/mol. The molecule has 0 bridgehead atoms. The first-order valence-corrected chi connectivity index (χ1v) is 8.80. The Morgan fingerprint density at radius 3 is 2.32 bits per heavy atom. The molecule has 1 aliphatic heterocycles. The second kappa shape index (κ2) is 5.48. The fourth-order valence-electron chi connectivity index (χ4n) is 2.62. The maximum Gasteiger partial charge on any atom is 0.243 e. The Balaban J connectivity index is 1.74. The lowest BCUT2D eigenvalue weighted by Gasteiger charge is -2.38. The molecule has 0 N–H and O–H groups in total. The number of rotatable bonds is 4. The molecule has 1 fully saturated rings. The molecule has 118 valence electrons. The molecule has 1 aliphatic rings. The lowest BCUT2D eigenvalue weighted by Crippen LogP contribution is -2.50. The molecule has 7 heteroatoms. The second-order valence-electron chi connectivity index (χ2n) is 5.99. The Bertz CT molecular complexity index is 759. The molecule has 0 spiro atoms. The molecule has 2 aromatic rings. The van der Waals surface area contributed by atoms with E-state index < -0.39 is 10.0 Å². The first kappa shape index (κ1) is 15.2. The van der Waals surface area contributed by atoms with E-state index in [0.717, 1.165) is 11.4 Å². The monoisotopic (exact) mass is 320 g/mol. The van der Waals surface area contributed by atoms with Crippen molar-refractivity contribution in [1.29, 1.82) is 0 Å². The van der Waals surface area contributed by atoms with E-state index in [-0.39, 0.29) is 6.04 Å². The molecule has 0 aliphatic carbocycles. The Hall–Kier alpha value is -1.73. The minimum Gasteiger partial charge on any atom is -0.312 e. The standard InChI is InChI=1S/C15H20N4O2S/c1-11(2)13-4-6-15(7-5-13)22(20,21)18-8-14(9-18)19-10-16-17-12(19)3/h4-7,10-11,14H,8-9H2,1-3H3. The molecule has 0 radical (unpaired) electrons. The van der Waals surface area contributed by atoms with Crippen molar-refractivity contribution in [1.82, 2.24) is 19.1 Å². The van der Waals surface area contributed by atoms with Crippen molar-refractivity contribution >= 4 is 10.0 Å². The number of nitrogens with zero attached hydrogens (tertiary/aromatic N) is 4. The number of aryl methyl sites for hydroxylation is 1. The molecular formula is C15H20N4O2S. The smallest absolute Gasteiger partial charge is 0.243 e. The van der Waals surface area contributed by atoms with E-state index in [1.54, 1.807) is 18.5 Å². The van der Waals surface area contributed by atoms with Crippen LogP contribution < -0.4 is 0 Å². The summed E-state index contributed by atoms with van der Waals surface area (Å²) >= 11 is 0. The zero-order valence-corrected chi connectivity index (χ0v) is 13.8. The molecule has 0 atom stereocenters. The number of hydrogen-bond acceptors (Lipinski definition) is 4. The minimum absolute atomic E-state index is 0.125. The predicted octanol–water partition coefficient (Wildman–Crippen LogP) is 1.96. The van der Waals surface area contributed by atoms with E-state index >= 15 is 0 Å². The van der Waals surface area contributed by atoms with Crippen LogP contribution in [-0.2, 0) is 10.0 Å². The van der Waals surface area contributed by atoms with E-state index in [0.29, 0.717) is 23.9 Å². The first-order chi connectivity index (χ1) is 10.4. The van der Waals surface area contributed by atoms with E-state index in [4.69, 9.17) is 0 Å². The summed E-state index contributed by atoms with van der Waals surface area (Å²) in [5.41, 5.74) is 1.14. The van der Waals surface area contributed by atoms with Crippen LogP contribution in [0.4, 0.5) is 0 Å². The van der Waals surface area contributed by atoms with Crippen molar-refractivity contribution in [2.75, 3.05) is 13.1 Å². The van der Waals surface area contributed by atoms with E-state index in [1.165, 1.54) is 4.31 Å². The molecule has 0 amide bonds. The van der Waals surface area contributed by atoms with Gasteiger partial charge in [-0.05, 0) is 30.5 Å². The van der Waals surface area contributed by atoms with Crippen LogP contribution in [-0.4, -0.2) is 40.6 Å². The molecule has 22 heavy (non-hydrogen) atoms. The zero-order chi connectivity index (χ0) is 15.9. The third-order valence-electron chi connectivity index (χ3n) is 4.16. The molecule has 1 aromatic heterocycles. The number of aromatic nitrogens is 3. The number of sulfonamides is 1. The number of benzene rings is 1. The third-order valence-corrected chi connectivity index (χ3v) is 6.00. The highest BCUT2D eigenvalue weighted by Crippen LogP contribution is 2.29. The molecule has 6 nitrogen and oxygen atoms in total. The Labute approximate surface area is 130 Å². The summed E-state index contributed by atoms with van der Waals surface area (Å²) < 4.78 is 28.6. The van der Waals surface area contributed by atoms with Gasteiger partial charge < -0.3 is 4.57 Å². The molecule has 1 aromatic carbocycles. The zero-order valence-electron chi connectivity index (χ0n) is 13.0. The summed E-state index contributed by atoms with van der Waals surface area (Å²) in [7, 11) is -3.40. The Morgan fingerprint density at radius 1 is 1.18 bits per heavy atom. The van der Waals surface area contributed by atoms with Crippen LogP contribution in [0, 0.1) is 6.92 Å². The van der Waals surface area contributed by atoms with Crippen LogP contribution in [0.5, 0.6) is 0 Å². The summed E-state index contributed by atoms with van der Waals surface area (Å²) in [6.07, 6.45) is 1.65. The average molecular weight is 320 g/mol. The summed E-state index contributed by atoms with van der Waals surface area (Å²) in [5, 5.41) is 7.78. The van der Waals surface area contributed by atoms with Crippen molar-refractivity contribution < 1.29 is 8.42 Å². The molecule has 1 saturated heterocycles. The minimum atomic E-state index is -3.40. The normalized spacial score (nSPS) is 16.9. The van der Waals surface area contributed by atoms with Crippen molar-refractivity contribution in [2.24, 2.45) is 0 Å². The maximum absolute atomic E-state index is 12.6. The van der Waals surface area contributed by atoms with Crippen LogP contribution >= 0.6 is 0 Å². The van der Waals surface area contributed by atoms with Gasteiger partial charge in [0.15, 0.2) is 0 Å². The highest BCUT2D eigenvalue weighted by atomic mass is 32.2. The van der Waals surface area contributed by atoms with Gasteiger partial charge in [-0.2, -0.15) is 4.31 Å². The summed E-state index contributed by atoms with van der Waals surface area (Å²) in [6.45, 7) is 6.98. The maximum atomic E-state index is 12.6. The van der Waals surface area contributed by atoms with Crippen LogP contribution in [0.3, 0.4) is 0 Å². The highest BCUT2D eigenvalue weighted by molar-refractivity contribution is 7.89. The molecule has 0 unspecified atom stereocenters. The fraction of sp³-hybridized carbons (Fsp3) is 0.467. The van der Waals surface area contributed by atoms with Gasteiger partial charge >= 0.3 is 0 Å².